The molecule has 0 unspecified atom stereocenters. The van der Waals surface area contributed by atoms with Gasteiger partial charge in [-0.3, -0.25) is 4.72 Å². The van der Waals surface area contributed by atoms with Crippen molar-refractivity contribution >= 4 is 27.6 Å². The fourth-order valence-electron chi connectivity index (χ4n) is 2.05. The maximum Gasteiger partial charge on any atom is 0.339 e. The Labute approximate surface area is 147 Å². The van der Waals surface area contributed by atoms with E-state index in [1.807, 2.05) is 4.72 Å². The quantitative estimate of drug-likeness (QED) is 0.794. The molecule has 10 heteroatoms. The lowest BCUT2D eigenvalue weighted by Crippen LogP contribution is -2.18. The van der Waals surface area contributed by atoms with Crippen molar-refractivity contribution in [2.45, 2.75) is 4.90 Å². The van der Waals surface area contributed by atoms with E-state index < -0.39 is 38.5 Å². The third-order valence-electron chi connectivity index (χ3n) is 3.27. The molecule has 138 valence electrons. The van der Waals surface area contributed by atoms with Crippen molar-refractivity contribution in [2.24, 2.45) is 0 Å². The van der Waals surface area contributed by atoms with Gasteiger partial charge in [0, 0.05) is 6.07 Å². The number of rotatable bonds is 5. The molecule has 0 amide bonds. The lowest BCUT2D eigenvalue weighted by Gasteiger charge is -2.13. The molecule has 0 heterocycles. The van der Waals surface area contributed by atoms with Crippen LogP contribution < -0.4 is 4.72 Å². The van der Waals surface area contributed by atoms with Crippen molar-refractivity contribution in [3.8, 4) is 0 Å². The molecule has 0 atom stereocenters. The highest BCUT2D eigenvalue weighted by Crippen LogP contribution is 2.24. The Morgan fingerprint density at radius 2 is 1.62 bits per heavy atom. The van der Waals surface area contributed by atoms with Crippen LogP contribution in [0.1, 0.15) is 20.7 Å². The van der Waals surface area contributed by atoms with Gasteiger partial charge in [0.15, 0.2) is 0 Å². The lowest BCUT2D eigenvalue weighted by molar-refractivity contribution is 0.0587. The number of hydrogen-bond acceptors (Lipinski definition) is 6. The Bertz CT molecular complexity index is 975. The molecule has 0 spiro atoms. The van der Waals surface area contributed by atoms with Gasteiger partial charge in [0.1, 0.15) is 16.5 Å². The normalized spacial score (nSPS) is 10.9. The van der Waals surface area contributed by atoms with Gasteiger partial charge in [-0.2, -0.15) is 0 Å². The van der Waals surface area contributed by atoms with Crippen molar-refractivity contribution in [1.29, 1.82) is 0 Å². The zero-order valence-corrected chi connectivity index (χ0v) is 14.4. The monoisotopic (exact) mass is 385 g/mol. The van der Waals surface area contributed by atoms with Crippen LogP contribution in [0.25, 0.3) is 0 Å². The Morgan fingerprint density at radius 1 is 0.962 bits per heavy atom. The first kappa shape index (κ1) is 19.3. The fourth-order valence-corrected chi connectivity index (χ4v) is 3.19. The summed E-state index contributed by atoms with van der Waals surface area (Å²) in [6.45, 7) is 0. The van der Waals surface area contributed by atoms with E-state index in [1.54, 1.807) is 0 Å². The molecule has 0 bridgehead atoms. The molecule has 0 aliphatic rings. The molecule has 0 aliphatic heterocycles. The smallest absolute Gasteiger partial charge is 0.339 e. The second kappa shape index (κ2) is 7.48. The highest BCUT2D eigenvalue weighted by atomic mass is 32.2. The van der Waals surface area contributed by atoms with Gasteiger partial charge >= 0.3 is 11.9 Å². The first-order chi connectivity index (χ1) is 12.2. The molecule has 0 saturated carbocycles. The van der Waals surface area contributed by atoms with E-state index in [0.29, 0.717) is 6.07 Å². The van der Waals surface area contributed by atoms with Crippen molar-refractivity contribution in [3.05, 3.63) is 59.2 Å². The Hall–Kier alpha value is -3.01. The number of nitrogens with one attached hydrogen (secondary N) is 1. The molecule has 0 saturated heterocycles. The number of ether oxygens (including phenoxy) is 2. The van der Waals surface area contributed by atoms with Crippen LogP contribution in [0.5, 0.6) is 0 Å². The van der Waals surface area contributed by atoms with E-state index in [4.69, 9.17) is 0 Å². The van der Waals surface area contributed by atoms with E-state index >= 15 is 0 Å². The van der Waals surface area contributed by atoms with Crippen LogP contribution in [0.2, 0.25) is 0 Å². The van der Waals surface area contributed by atoms with E-state index in [1.165, 1.54) is 6.07 Å². The van der Waals surface area contributed by atoms with E-state index in [0.717, 1.165) is 38.5 Å². The van der Waals surface area contributed by atoms with Crippen LogP contribution in [0.3, 0.4) is 0 Å². The first-order valence-electron chi connectivity index (χ1n) is 6.98. The van der Waals surface area contributed by atoms with Crippen molar-refractivity contribution in [1.82, 2.24) is 0 Å². The summed E-state index contributed by atoms with van der Waals surface area (Å²) in [4.78, 5) is 22.6. The predicted octanol–water partition coefficient (Wildman–Crippen LogP) is 2.34. The van der Waals surface area contributed by atoms with Gasteiger partial charge in [-0.15, -0.1) is 0 Å². The summed E-state index contributed by atoms with van der Waals surface area (Å²) in [7, 11) is -2.33. The predicted molar refractivity (Wildman–Crippen MR) is 86.3 cm³/mol. The minimum absolute atomic E-state index is 0.0579. The minimum Gasteiger partial charge on any atom is -0.465 e. The van der Waals surface area contributed by atoms with Crippen LogP contribution in [0.15, 0.2) is 41.3 Å². The van der Waals surface area contributed by atoms with Crippen LogP contribution in [0.4, 0.5) is 14.5 Å². The van der Waals surface area contributed by atoms with Crippen molar-refractivity contribution in [2.75, 3.05) is 18.9 Å². The van der Waals surface area contributed by atoms with Crippen LogP contribution in [0, 0.1) is 11.6 Å². The highest BCUT2D eigenvalue weighted by molar-refractivity contribution is 7.92. The van der Waals surface area contributed by atoms with Gasteiger partial charge in [0.05, 0.1) is 31.0 Å². The number of anilines is 1. The van der Waals surface area contributed by atoms with Crippen molar-refractivity contribution < 1.29 is 36.3 Å². The molecule has 2 aromatic carbocycles. The largest absolute Gasteiger partial charge is 0.465 e. The maximum atomic E-state index is 13.8. The second-order valence-corrected chi connectivity index (χ2v) is 6.57. The average molecular weight is 385 g/mol. The van der Waals surface area contributed by atoms with Gasteiger partial charge in [-0.1, -0.05) is 0 Å². The van der Waals surface area contributed by atoms with Crippen LogP contribution in [-0.2, 0) is 19.5 Å². The number of carbonyl (C=O) groups is 2. The molecule has 7 nitrogen and oxygen atoms in total. The molecule has 0 aliphatic carbocycles. The first-order valence-corrected chi connectivity index (χ1v) is 8.46. The molecule has 1 N–H and O–H groups in total. The van der Waals surface area contributed by atoms with Gasteiger partial charge in [0.25, 0.3) is 10.0 Å². The highest BCUT2D eigenvalue weighted by Gasteiger charge is 2.24. The summed E-state index contributed by atoms with van der Waals surface area (Å²) in [5, 5.41) is 0. The number of halogens is 2. The summed E-state index contributed by atoms with van der Waals surface area (Å²) in [6.07, 6.45) is 0. The number of methoxy groups -OCH3 is 2. The van der Waals surface area contributed by atoms with Gasteiger partial charge in [-0.25, -0.2) is 26.8 Å². The van der Waals surface area contributed by atoms with Gasteiger partial charge < -0.3 is 9.47 Å². The Kier molecular flexibility index (Phi) is 5.56. The number of sulfonamides is 1. The van der Waals surface area contributed by atoms with Crippen LogP contribution in [-0.4, -0.2) is 34.6 Å². The lowest BCUT2D eigenvalue weighted by atomic mass is 10.1. The minimum atomic E-state index is -4.53. The van der Waals surface area contributed by atoms with E-state index in [-0.39, 0.29) is 16.8 Å². The fraction of sp³-hybridized carbons (Fsp3) is 0.125. The maximum absolute atomic E-state index is 13.8. The van der Waals surface area contributed by atoms with E-state index in [9.17, 15) is 26.8 Å². The van der Waals surface area contributed by atoms with Gasteiger partial charge in [0.2, 0.25) is 0 Å². The summed E-state index contributed by atoms with van der Waals surface area (Å²) in [5.41, 5.74) is -0.604. The summed E-state index contributed by atoms with van der Waals surface area (Å²) >= 11 is 0. The molecule has 2 rings (SSSR count). The summed E-state index contributed by atoms with van der Waals surface area (Å²) in [6, 6.07) is 5.32. The zero-order valence-electron chi connectivity index (χ0n) is 13.6. The van der Waals surface area contributed by atoms with Crippen molar-refractivity contribution in [3.63, 3.8) is 0 Å². The third-order valence-corrected chi connectivity index (χ3v) is 4.67. The third kappa shape index (κ3) is 3.97. The van der Waals surface area contributed by atoms with Gasteiger partial charge in [-0.05, 0) is 30.3 Å². The SMILES string of the molecule is COC(=O)c1ccc(C(=O)OC)c(NS(=O)(=O)c2ccc(F)cc2F)c1. The standard InChI is InChI=1S/C16H13F2NO6S/c1-24-15(20)9-3-5-11(16(21)25-2)13(7-9)19-26(22,23)14-6-4-10(17)8-12(14)18/h3-8,19H,1-2H3. The molecule has 26 heavy (non-hydrogen) atoms. The molecule has 2 aromatic rings. The average Bonchev–Trinajstić information content (AvgIpc) is 2.59. The van der Waals surface area contributed by atoms with Crippen LogP contribution >= 0.6 is 0 Å². The summed E-state index contributed by atoms with van der Waals surface area (Å²) < 4.78 is 62.7. The molecule has 0 radical (unpaired) electrons. The Balaban J connectivity index is 2.54. The Morgan fingerprint density at radius 3 is 2.19 bits per heavy atom. The number of esters is 2. The molecule has 0 aromatic heterocycles. The second-order valence-electron chi connectivity index (χ2n) is 4.92. The number of benzene rings is 2. The topological polar surface area (TPSA) is 98.8 Å². The zero-order chi connectivity index (χ0) is 19.5. The van der Waals surface area contributed by atoms with E-state index in [2.05, 4.69) is 9.47 Å². The summed E-state index contributed by atoms with van der Waals surface area (Å²) in [5.74, 6) is -3.95. The number of carbonyl (C=O) groups excluding carboxylic acids is 2. The molecular formula is C16H13F2NO6S. The molecular weight excluding hydrogens is 372 g/mol. The number of hydrogen-bond donors (Lipinski definition) is 1. The molecule has 0 fully saturated rings.